The number of thioether (sulfide) groups is 1. The summed E-state index contributed by atoms with van der Waals surface area (Å²) in [6.07, 6.45) is 3.17. The van der Waals surface area contributed by atoms with E-state index in [-0.39, 0.29) is 22.7 Å². The van der Waals surface area contributed by atoms with E-state index in [2.05, 4.69) is 22.1 Å². The average molecular weight is 376 g/mol. The number of pyridine rings is 1. The Kier molecular flexibility index (Phi) is 4.79. The summed E-state index contributed by atoms with van der Waals surface area (Å²) in [6, 6.07) is 3.62. The van der Waals surface area contributed by atoms with Crippen LogP contribution in [0.3, 0.4) is 0 Å². The average Bonchev–Trinajstić information content (AvgIpc) is 3.17. The van der Waals surface area contributed by atoms with E-state index in [1.807, 2.05) is 12.1 Å². The molecular formula is C18H24N4O3S. The third-order valence-corrected chi connectivity index (χ3v) is 6.86. The number of fused-ring (bicyclic) bond motifs is 1. The van der Waals surface area contributed by atoms with Crippen molar-refractivity contribution >= 4 is 29.4 Å². The molecule has 0 aliphatic carbocycles. The number of ether oxygens (including phenoxy) is 1. The standard InChI is InChI=1S/C18H24N4O3S/c1-18-5-4-16(23)22(18)14(12-26-18)17(24)20-11-13-2-3-15(19-10-13)21-6-8-25-9-7-21/h2-3,10,14H,4-9,11-12H2,1H3,(H,20,24)/t14-,18-/m0/s1. The molecule has 4 rings (SSSR count). The van der Waals surface area contributed by atoms with Crippen LogP contribution >= 0.6 is 11.8 Å². The topological polar surface area (TPSA) is 74.8 Å². The molecule has 0 saturated carbocycles. The quantitative estimate of drug-likeness (QED) is 0.845. The van der Waals surface area contributed by atoms with Crippen LogP contribution in [-0.4, -0.2) is 64.7 Å². The predicted molar refractivity (Wildman–Crippen MR) is 99.8 cm³/mol. The molecule has 2 atom stereocenters. The molecule has 3 fully saturated rings. The second-order valence-electron chi connectivity index (χ2n) is 7.11. The minimum Gasteiger partial charge on any atom is -0.378 e. The number of hydrogen-bond donors (Lipinski definition) is 1. The molecule has 0 unspecified atom stereocenters. The third-order valence-electron chi connectivity index (χ3n) is 5.36. The zero-order chi connectivity index (χ0) is 18.1. The number of aromatic nitrogens is 1. The van der Waals surface area contributed by atoms with Crippen molar-refractivity contribution < 1.29 is 14.3 Å². The van der Waals surface area contributed by atoms with Crippen molar-refractivity contribution in [1.29, 1.82) is 0 Å². The Morgan fingerprint density at radius 2 is 2.23 bits per heavy atom. The normalized spacial score (nSPS) is 28.3. The van der Waals surface area contributed by atoms with E-state index in [1.54, 1.807) is 22.9 Å². The first-order chi connectivity index (χ1) is 12.6. The molecule has 0 aromatic carbocycles. The molecule has 1 aromatic heterocycles. The zero-order valence-corrected chi connectivity index (χ0v) is 15.8. The van der Waals surface area contributed by atoms with Gasteiger partial charge in [-0.25, -0.2) is 4.98 Å². The highest BCUT2D eigenvalue weighted by molar-refractivity contribution is 8.01. The number of amides is 2. The summed E-state index contributed by atoms with van der Waals surface area (Å²) in [4.78, 5) is 33.0. The molecule has 140 valence electrons. The Bertz CT molecular complexity index is 692. The van der Waals surface area contributed by atoms with Crippen LogP contribution in [0.15, 0.2) is 18.3 Å². The molecule has 3 saturated heterocycles. The van der Waals surface area contributed by atoms with Crippen molar-refractivity contribution in [2.45, 2.75) is 37.2 Å². The van der Waals surface area contributed by atoms with Gasteiger partial charge < -0.3 is 19.9 Å². The van der Waals surface area contributed by atoms with Crippen molar-refractivity contribution in [1.82, 2.24) is 15.2 Å². The van der Waals surface area contributed by atoms with E-state index in [0.29, 0.717) is 18.7 Å². The smallest absolute Gasteiger partial charge is 0.243 e. The van der Waals surface area contributed by atoms with Crippen LogP contribution in [0, 0.1) is 0 Å². The maximum Gasteiger partial charge on any atom is 0.243 e. The number of carbonyl (C=O) groups excluding carboxylic acids is 2. The second kappa shape index (κ2) is 7.08. The Morgan fingerprint density at radius 1 is 1.42 bits per heavy atom. The molecule has 26 heavy (non-hydrogen) atoms. The summed E-state index contributed by atoms with van der Waals surface area (Å²) in [5.74, 6) is 1.62. The molecule has 2 amide bonds. The van der Waals surface area contributed by atoms with Crippen LogP contribution in [0.2, 0.25) is 0 Å². The fourth-order valence-electron chi connectivity index (χ4n) is 3.82. The summed E-state index contributed by atoms with van der Waals surface area (Å²) in [6.45, 7) is 5.65. The summed E-state index contributed by atoms with van der Waals surface area (Å²) in [7, 11) is 0. The largest absolute Gasteiger partial charge is 0.378 e. The number of carbonyl (C=O) groups is 2. The highest BCUT2D eigenvalue weighted by Crippen LogP contribution is 2.47. The molecule has 1 N–H and O–H groups in total. The van der Waals surface area contributed by atoms with E-state index in [1.165, 1.54) is 0 Å². The van der Waals surface area contributed by atoms with Gasteiger partial charge in [0.05, 0.1) is 18.1 Å². The van der Waals surface area contributed by atoms with Gasteiger partial charge in [-0.1, -0.05) is 6.07 Å². The van der Waals surface area contributed by atoms with Crippen LogP contribution in [-0.2, 0) is 20.9 Å². The lowest BCUT2D eigenvalue weighted by atomic mass is 10.2. The predicted octanol–water partition coefficient (Wildman–Crippen LogP) is 0.988. The summed E-state index contributed by atoms with van der Waals surface area (Å²) < 4.78 is 5.36. The van der Waals surface area contributed by atoms with Gasteiger partial charge in [-0.05, 0) is 25.0 Å². The molecule has 8 heteroatoms. The fourth-order valence-corrected chi connectivity index (χ4v) is 5.25. The number of morpholine rings is 1. The van der Waals surface area contributed by atoms with Crippen LogP contribution in [0.25, 0.3) is 0 Å². The minimum atomic E-state index is -0.361. The lowest BCUT2D eigenvalue weighted by Gasteiger charge is -2.29. The fraction of sp³-hybridized carbons (Fsp3) is 0.611. The Hall–Kier alpha value is -1.80. The van der Waals surface area contributed by atoms with Gasteiger partial charge in [0.25, 0.3) is 0 Å². The van der Waals surface area contributed by atoms with Crippen LogP contribution in [0.4, 0.5) is 5.82 Å². The first-order valence-electron chi connectivity index (χ1n) is 9.08. The number of nitrogens with zero attached hydrogens (tertiary/aromatic N) is 3. The molecule has 0 spiro atoms. The van der Waals surface area contributed by atoms with E-state index < -0.39 is 0 Å². The minimum absolute atomic E-state index is 0.0752. The SMILES string of the molecule is C[C@]12CCC(=O)N1[C@H](C(=O)NCc1ccc(N3CCOCC3)nc1)CS2. The van der Waals surface area contributed by atoms with Crippen LogP contribution in [0.1, 0.15) is 25.3 Å². The molecule has 1 aromatic rings. The highest BCUT2D eigenvalue weighted by Gasteiger charge is 2.52. The van der Waals surface area contributed by atoms with Crippen molar-refractivity contribution in [3.63, 3.8) is 0 Å². The number of hydrogen-bond acceptors (Lipinski definition) is 6. The van der Waals surface area contributed by atoms with Gasteiger partial charge in [0.15, 0.2) is 0 Å². The van der Waals surface area contributed by atoms with Crippen LogP contribution < -0.4 is 10.2 Å². The molecule has 0 radical (unpaired) electrons. The van der Waals surface area contributed by atoms with Gasteiger partial charge >= 0.3 is 0 Å². The number of anilines is 1. The first kappa shape index (κ1) is 17.6. The van der Waals surface area contributed by atoms with E-state index in [0.717, 1.165) is 44.1 Å². The number of rotatable bonds is 4. The van der Waals surface area contributed by atoms with E-state index in [4.69, 9.17) is 4.74 Å². The van der Waals surface area contributed by atoms with Gasteiger partial charge in [-0.15, -0.1) is 11.8 Å². The van der Waals surface area contributed by atoms with Crippen molar-refractivity contribution in [2.75, 3.05) is 37.0 Å². The molecule has 0 bridgehead atoms. The lowest BCUT2D eigenvalue weighted by molar-refractivity contribution is -0.138. The molecule has 4 heterocycles. The Labute approximate surface area is 157 Å². The monoisotopic (exact) mass is 376 g/mol. The van der Waals surface area contributed by atoms with Gasteiger partial charge in [0, 0.05) is 38.0 Å². The van der Waals surface area contributed by atoms with Gasteiger partial charge in [0.1, 0.15) is 11.9 Å². The summed E-state index contributed by atoms with van der Waals surface area (Å²) in [5, 5.41) is 2.97. The van der Waals surface area contributed by atoms with Crippen LogP contribution in [0.5, 0.6) is 0 Å². The molecule has 7 nitrogen and oxygen atoms in total. The maximum atomic E-state index is 12.6. The van der Waals surface area contributed by atoms with E-state index >= 15 is 0 Å². The zero-order valence-electron chi connectivity index (χ0n) is 14.9. The first-order valence-corrected chi connectivity index (χ1v) is 10.1. The lowest BCUT2D eigenvalue weighted by Crippen LogP contribution is -2.49. The second-order valence-corrected chi connectivity index (χ2v) is 8.61. The van der Waals surface area contributed by atoms with Gasteiger partial charge in [-0.3, -0.25) is 9.59 Å². The van der Waals surface area contributed by atoms with Crippen molar-refractivity contribution in [3.8, 4) is 0 Å². The van der Waals surface area contributed by atoms with Gasteiger partial charge in [0.2, 0.25) is 11.8 Å². The van der Waals surface area contributed by atoms with Crippen molar-refractivity contribution in [3.05, 3.63) is 23.9 Å². The van der Waals surface area contributed by atoms with E-state index in [9.17, 15) is 9.59 Å². The third kappa shape index (κ3) is 3.27. The Balaban J connectivity index is 1.34. The van der Waals surface area contributed by atoms with Gasteiger partial charge in [-0.2, -0.15) is 0 Å². The maximum absolute atomic E-state index is 12.6. The van der Waals surface area contributed by atoms with Crippen molar-refractivity contribution in [2.24, 2.45) is 0 Å². The summed E-state index contributed by atoms with van der Waals surface area (Å²) >= 11 is 1.71. The number of nitrogens with one attached hydrogen (secondary N) is 1. The highest BCUT2D eigenvalue weighted by atomic mass is 32.2. The Morgan fingerprint density at radius 3 is 2.96 bits per heavy atom. The molecule has 3 aliphatic heterocycles. The molecule has 3 aliphatic rings. The summed E-state index contributed by atoms with van der Waals surface area (Å²) in [5.41, 5.74) is 0.955. The molecular weight excluding hydrogens is 352 g/mol.